The van der Waals surface area contributed by atoms with Gasteiger partial charge in [-0.05, 0) is 36.3 Å². The van der Waals surface area contributed by atoms with Gasteiger partial charge < -0.3 is 25.2 Å². The molecular formula is C15H11Cl2N5O4. The van der Waals surface area contributed by atoms with Crippen LogP contribution in [0.3, 0.4) is 0 Å². The lowest BCUT2D eigenvalue weighted by atomic mass is 10.2. The molecule has 9 nitrogen and oxygen atoms in total. The van der Waals surface area contributed by atoms with Crippen molar-refractivity contribution in [2.24, 2.45) is 0 Å². The standard InChI is InChI=1S/C15H11Cl2N5O4/c1-6-9(16)10(17)11(18-6)13(23)19-7-2-4-8(5-3-7)20-15-21-12(14(24)25)22-26-15/h2-5,18H,1H3,(H,19,23)(H,24,25)(H,20,21,22). The van der Waals surface area contributed by atoms with Gasteiger partial charge in [-0.3, -0.25) is 4.79 Å². The Labute approximate surface area is 156 Å². The van der Waals surface area contributed by atoms with Crippen LogP contribution < -0.4 is 10.6 Å². The predicted molar refractivity (Wildman–Crippen MR) is 94.5 cm³/mol. The maximum absolute atomic E-state index is 12.3. The number of halogens is 2. The van der Waals surface area contributed by atoms with E-state index in [1.807, 2.05) is 0 Å². The summed E-state index contributed by atoms with van der Waals surface area (Å²) in [5.74, 6) is -2.18. The number of hydrogen-bond donors (Lipinski definition) is 4. The summed E-state index contributed by atoms with van der Waals surface area (Å²) in [6, 6.07) is 6.45. The van der Waals surface area contributed by atoms with Crippen molar-refractivity contribution >= 4 is 52.5 Å². The third-order valence-electron chi connectivity index (χ3n) is 3.29. The summed E-state index contributed by atoms with van der Waals surface area (Å²) in [6.07, 6.45) is 0. The van der Waals surface area contributed by atoms with Gasteiger partial charge in [0, 0.05) is 17.1 Å². The van der Waals surface area contributed by atoms with E-state index in [-0.39, 0.29) is 16.7 Å². The number of aromatic nitrogens is 3. The number of nitrogens with zero attached hydrogens (tertiary/aromatic N) is 2. The number of aromatic amines is 1. The zero-order chi connectivity index (χ0) is 18.8. The molecule has 0 bridgehead atoms. The molecule has 0 saturated heterocycles. The number of aryl methyl sites for hydroxylation is 1. The molecule has 0 radical (unpaired) electrons. The van der Waals surface area contributed by atoms with Crippen LogP contribution in [-0.2, 0) is 0 Å². The summed E-state index contributed by atoms with van der Waals surface area (Å²) in [6.45, 7) is 1.71. The average molecular weight is 396 g/mol. The second-order valence-corrected chi connectivity index (χ2v) is 5.89. The van der Waals surface area contributed by atoms with E-state index in [1.54, 1.807) is 31.2 Å². The van der Waals surface area contributed by atoms with Crippen molar-refractivity contribution < 1.29 is 19.2 Å². The maximum Gasteiger partial charge on any atom is 0.377 e. The third kappa shape index (κ3) is 3.63. The lowest BCUT2D eigenvalue weighted by Gasteiger charge is -2.06. The fourth-order valence-corrected chi connectivity index (χ4v) is 2.46. The van der Waals surface area contributed by atoms with E-state index in [0.717, 1.165) is 0 Å². The second-order valence-electron chi connectivity index (χ2n) is 5.14. The lowest BCUT2D eigenvalue weighted by Crippen LogP contribution is -2.12. The summed E-state index contributed by atoms with van der Waals surface area (Å²) in [4.78, 5) is 29.4. The van der Waals surface area contributed by atoms with Gasteiger partial charge in [-0.25, -0.2) is 4.79 Å². The van der Waals surface area contributed by atoms with Gasteiger partial charge in [-0.2, -0.15) is 4.98 Å². The molecule has 0 aliphatic heterocycles. The van der Waals surface area contributed by atoms with Crippen molar-refractivity contribution in [1.29, 1.82) is 0 Å². The van der Waals surface area contributed by atoms with E-state index < -0.39 is 17.7 Å². The summed E-state index contributed by atoms with van der Waals surface area (Å²) in [7, 11) is 0. The van der Waals surface area contributed by atoms with E-state index in [0.29, 0.717) is 22.1 Å². The van der Waals surface area contributed by atoms with Gasteiger partial charge in [0.25, 0.3) is 11.7 Å². The molecule has 0 spiro atoms. The van der Waals surface area contributed by atoms with E-state index in [2.05, 4.69) is 25.8 Å². The van der Waals surface area contributed by atoms with Gasteiger partial charge in [-0.1, -0.05) is 23.2 Å². The van der Waals surface area contributed by atoms with Crippen molar-refractivity contribution in [2.45, 2.75) is 6.92 Å². The Morgan fingerprint density at radius 3 is 2.35 bits per heavy atom. The van der Waals surface area contributed by atoms with Crippen LogP contribution in [0.25, 0.3) is 0 Å². The first-order valence-corrected chi connectivity index (χ1v) is 7.89. The smallest absolute Gasteiger partial charge is 0.377 e. The summed E-state index contributed by atoms with van der Waals surface area (Å²) < 4.78 is 4.76. The molecule has 4 N–H and O–H groups in total. The monoisotopic (exact) mass is 395 g/mol. The molecule has 0 saturated carbocycles. The molecule has 0 aliphatic rings. The minimum absolute atomic E-state index is 0.0672. The Kier molecular flexibility index (Phi) is 4.83. The van der Waals surface area contributed by atoms with Crippen LogP contribution in [0.1, 0.15) is 26.8 Å². The average Bonchev–Trinajstić information content (AvgIpc) is 3.17. The minimum Gasteiger partial charge on any atom is -0.475 e. The number of anilines is 3. The normalized spacial score (nSPS) is 10.6. The van der Waals surface area contributed by atoms with Gasteiger partial charge >= 0.3 is 12.0 Å². The Morgan fingerprint density at radius 2 is 1.81 bits per heavy atom. The number of hydrogen-bond acceptors (Lipinski definition) is 6. The summed E-state index contributed by atoms with van der Waals surface area (Å²) >= 11 is 12.0. The number of carbonyl (C=O) groups is 2. The summed E-state index contributed by atoms with van der Waals surface area (Å²) in [5.41, 5.74) is 1.84. The number of rotatable bonds is 5. The topological polar surface area (TPSA) is 133 Å². The molecule has 3 rings (SSSR count). The Balaban J connectivity index is 1.68. The lowest BCUT2D eigenvalue weighted by molar-refractivity contribution is 0.0680. The molecular weight excluding hydrogens is 385 g/mol. The van der Waals surface area contributed by atoms with Crippen molar-refractivity contribution in [3.8, 4) is 0 Å². The molecule has 0 atom stereocenters. The number of carboxylic acids is 1. The van der Waals surface area contributed by atoms with Crippen LogP contribution >= 0.6 is 23.2 Å². The molecule has 0 aliphatic carbocycles. The molecule has 0 unspecified atom stereocenters. The van der Waals surface area contributed by atoms with E-state index in [4.69, 9.17) is 32.8 Å². The highest BCUT2D eigenvalue weighted by Gasteiger charge is 2.18. The van der Waals surface area contributed by atoms with Crippen molar-refractivity contribution in [2.75, 3.05) is 10.6 Å². The van der Waals surface area contributed by atoms with Crippen LogP contribution in [0, 0.1) is 6.92 Å². The van der Waals surface area contributed by atoms with E-state index in [1.165, 1.54) is 0 Å². The highest BCUT2D eigenvalue weighted by Crippen LogP contribution is 2.29. The molecule has 0 fully saturated rings. The van der Waals surface area contributed by atoms with Gasteiger partial charge in [-0.15, -0.1) is 0 Å². The Morgan fingerprint density at radius 1 is 1.15 bits per heavy atom. The zero-order valence-electron chi connectivity index (χ0n) is 13.1. The van der Waals surface area contributed by atoms with E-state index in [9.17, 15) is 9.59 Å². The molecule has 26 heavy (non-hydrogen) atoms. The highest BCUT2D eigenvalue weighted by atomic mass is 35.5. The van der Waals surface area contributed by atoms with Crippen molar-refractivity contribution in [1.82, 2.24) is 15.1 Å². The first-order valence-electron chi connectivity index (χ1n) is 7.14. The van der Waals surface area contributed by atoms with Crippen LogP contribution in [0.4, 0.5) is 17.4 Å². The van der Waals surface area contributed by atoms with Crippen molar-refractivity contribution in [3.05, 3.63) is 51.5 Å². The number of amides is 1. The number of H-pyrrole nitrogens is 1. The van der Waals surface area contributed by atoms with Gasteiger partial charge in [0.05, 0.1) is 10.0 Å². The Bertz CT molecular complexity index is 981. The fourth-order valence-electron chi connectivity index (χ4n) is 2.04. The number of nitrogens with one attached hydrogen (secondary N) is 3. The molecule has 2 heterocycles. The fraction of sp³-hybridized carbons (Fsp3) is 0.0667. The van der Waals surface area contributed by atoms with Gasteiger partial charge in [0.1, 0.15) is 5.69 Å². The summed E-state index contributed by atoms with van der Waals surface area (Å²) in [5, 5.41) is 17.9. The largest absolute Gasteiger partial charge is 0.475 e. The number of benzene rings is 1. The van der Waals surface area contributed by atoms with Crippen LogP contribution in [0.15, 0.2) is 28.8 Å². The zero-order valence-corrected chi connectivity index (χ0v) is 14.6. The van der Waals surface area contributed by atoms with Crippen LogP contribution in [0.2, 0.25) is 10.0 Å². The number of aromatic carboxylic acids is 1. The second kappa shape index (κ2) is 7.06. The third-order valence-corrected chi connectivity index (χ3v) is 4.24. The number of carboxylic acid groups (broad SMARTS) is 1. The first-order chi connectivity index (χ1) is 12.3. The molecule has 134 valence electrons. The van der Waals surface area contributed by atoms with E-state index >= 15 is 0 Å². The maximum atomic E-state index is 12.3. The van der Waals surface area contributed by atoms with Crippen LogP contribution in [0.5, 0.6) is 0 Å². The van der Waals surface area contributed by atoms with Crippen LogP contribution in [-0.4, -0.2) is 32.1 Å². The highest BCUT2D eigenvalue weighted by molar-refractivity contribution is 6.44. The van der Waals surface area contributed by atoms with Gasteiger partial charge in [0.2, 0.25) is 0 Å². The minimum atomic E-state index is -1.29. The Hall–Kier alpha value is -3.04. The first kappa shape index (κ1) is 17.8. The molecule has 1 aromatic carbocycles. The molecule has 3 aromatic rings. The number of carbonyl (C=O) groups excluding carboxylic acids is 1. The van der Waals surface area contributed by atoms with Crippen molar-refractivity contribution in [3.63, 3.8) is 0 Å². The van der Waals surface area contributed by atoms with Gasteiger partial charge in [0.15, 0.2) is 0 Å². The SMILES string of the molecule is Cc1[nH]c(C(=O)Nc2ccc(Nc3nc(C(=O)O)no3)cc2)c(Cl)c1Cl. The molecule has 2 aromatic heterocycles. The predicted octanol–water partition coefficient (Wildman–Crippen LogP) is 3.71. The molecule has 1 amide bonds. The molecule has 11 heteroatoms. The quantitative estimate of drug-likeness (QED) is 0.517.